The Morgan fingerprint density at radius 2 is 2.00 bits per heavy atom. The predicted molar refractivity (Wildman–Crippen MR) is 90.5 cm³/mol. The van der Waals surface area contributed by atoms with E-state index in [-0.39, 0.29) is 11.9 Å². The molecule has 1 aliphatic rings. The maximum Gasteiger partial charge on any atom is 0.330 e. The van der Waals surface area contributed by atoms with Crippen molar-refractivity contribution in [1.29, 1.82) is 0 Å². The molecule has 1 aliphatic heterocycles. The van der Waals surface area contributed by atoms with Crippen LogP contribution < -0.4 is 11.2 Å². The van der Waals surface area contributed by atoms with Crippen LogP contribution in [0.15, 0.2) is 40.2 Å². The van der Waals surface area contributed by atoms with Gasteiger partial charge < -0.3 is 14.0 Å². The fourth-order valence-corrected chi connectivity index (χ4v) is 3.09. The van der Waals surface area contributed by atoms with Gasteiger partial charge in [0.05, 0.1) is 11.6 Å². The van der Waals surface area contributed by atoms with E-state index < -0.39 is 11.2 Å². The van der Waals surface area contributed by atoms with Crippen LogP contribution in [0.25, 0.3) is 6.08 Å². The Kier molecular flexibility index (Phi) is 4.01. The summed E-state index contributed by atoms with van der Waals surface area (Å²) < 4.78 is 4.49. The Bertz CT molecular complexity index is 932. The minimum absolute atomic E-state index is 0.0196. The van der Waals surface area contributed by atoms with Gasteiger partial charge in [-0.15, -0.1) is 0 Å². The van der Waals surface area contributed by atoms with Gasteiger partial charge in [-0.2, -0.15) is 0 Å². The van der Waals surface area contributed by atoms with Gasteiger partial charge in [0.25, 0.3) is 5.56 Å². The Morgan fingerprint density at radius 3 is 2.75 bits per heavy atom. The van der Waals surface area contributed by atoms with Gasteiger partial charge in [-0.25, -0.2) is 4.79 Å². The van der Waals surface area contributed by atoms with E-state index in [1.807, 2.05) is 25.3 Å². The normalized spacial score (nSPS) is 17.3. The quantitative estimate of drug-likeness (QED) is 0.754. The molecule has 24 heavy (non-hydrogen) atoms. The third kappa shape index (κ3) is 2.62. The van der Waals surface area contributed by atoms with Crippen LogP contribution in [0, 0.1) is 0 Å². The summed E-state index contributed by atoms with van der Waals surface area (Å²) >= 11 is 0. The molecular formula is C17H20N4O3. The van der Waals surface area contributed by atoms with E-state index in [1.165, 1.54) is 30.0 Å². The van der Waals surface area contributed by atoms with Crippen LogP contribution in [0.3, 0.4) is 0 Å². The number of hydrogen-bond donors (Lipinski definition) is 0. The van der Waals surface area contributed by atoms with Gasteiger partial charge in [0.1, 0.15) is 0 Å². The average molecular weight is 328 g/mol. The van der Waals surface area contributed by atoms with Crippen LogP contribution in [0.2, 0.25) is 0 Å². The number of aromatic nitrogens is 3. The van der Waals surface area contributed by atoms with Crippen molar-refractivity contribution in [2.24, 2.45) is 14.1 Å². The summed E-state index contributed by atoms with van der Waals surface area (Å²) in [6.07, 6.45) is 6.33. The molecule has 0 aliphatic carbocycles. The lowest BCUT2D eigenvalue weighted by molar-refractivity contribution is -0.129. The molecule has 0 aromatic carbocycles. The molecule has 0 fully saturated rings. The van der Waals surface area contributed by atoms with Gasteiger partial charge in [0, 0.05) is 51.3 Å². The van der Waals surface area contributed by atoms with Crippen molar-refractivity contribution in [3.8, 4) is 0 Å². The molecule has 0 N–H and O–H groups in total. The predicted octanol–water partition coefficient (Wildman–Crippen LogP) is 0.502. The van der Waals surface area contributed by atoms with E-state index in [2.05, 4.69) is 4.57 Å². The Morgan fingerprint density at radius 1 is 1.25 bits per heavy atom. The van der Waals surface area contributed by atoms with Crippen LogP contribution in [0.5, 0.6) is 0 Å². The lowest BCUT2D eigenvalue weighted by Crippen LogP contribution is -2.40. The van der Waals surface area contributed by atoms with E-state index in [1.54, 1.807) is 11.9 Å². The SMILES string of the molecule is CC1c2cccn2CCN1C(=O)C=Cc1cn(C)c(=O)n(C)c1=O. The van der Waals surface area contributed by atoms with Crippen LogP contribution >= 0.6 is 0 Å². The number of aryl methyl sites for hydroxylation is 1. The molecule has 126 valence electrons. The Balaban J connectivity index is 1.85. The van der Waals surface area contributed by atoms with Gasteiger partial charge in [-0.05, 0) is 25.1 Å². The monoisotopic (exact) mass is 328 g/mol. The molecule has 7 nitrogen and oxygen atoms in total. The average Bonchev–Trinajstić information content (AvgIpc) is 3.04. The third-order valence-electron chi connectivity index (χ3n) is 4.50. The number of hydrogen-bond acceptors (Lipinski definition) is 3. The molecule has 0 saturated carbocycles. The molecule has 3 heterocycles. The lowest BCUT2D eigenvalue weighted by atomic mass is 10.1. The van der Waals surface area contributed by atoms with Crippen LogP contribution in [0.1, 0.15) is 24.2 Å². The molecule has 3 rings (SSSR count). The molecule has 1 unspecified atom stereocenters. The first kappa shape index (κ1) is 16.0. The number of rotatable bonds is 2. The van der Waals surface area contributed by atoms with Crippen molar-refractivity contribution in [2.75, 3.05) is 6.54 Å². The van der Waals surface area contributed by atoms with Gasteiger partial charge in [0.15, 0.2) is 0 Å². The molecule has 0 radical (unpaired) electrons. The molecule has 2 aromatic heterocycles. The first-order chi connectivity index (χ1) is 11.4. The number of carbonyl (C=O) groups excluding carboxylic acids is 1. The highest BCUT2D eigenvalue weighted by Crippen LogP contribution is 2.25. The van der Waals surface area contributed by atoms with Crippen molar-refractivity contribution >= 4 is 12.0 Å². The van der Waals surface area contributed by atoms with Crippen LogP contribution in [-0.4, -0.2) is 31.1 Å². The molecule has 0 bridgehead atoms. The minimum Gasteiger partial charge on any atom is -0.348 e. The van der Waals surface area contributed by atoms with Crippen LogP contribution in [-0.2, 0) is 25.4 Å². The largest absolute Gasteiger partial charge is 0.348 e. The molecule has 1 amide bonds. The van der Waals surface area contributed by atoms with E-state index >= 15 is 0 Å². The second kappa shape index (κ2) is 5.99. The van der Waals surface area contributed by atoms with Gasteiger partial charge in [-0.3, -0.25) is 14.2 Å². The molecule has 2 aromatic rings. The first-order valence-electron chi connectivity index (χ1n) is 7.80. The van der Waals surface area contributed by atoms with Crippen molar-refractivity contribution in [1.82, 2.24) is 18.6 Å². The summed E-state index contributed by atoms with van der Waals surface area (Å²) in [5, 5.41) is 0. The van der Waals surface area contributed by atoms with E-state index in [4.69, 9.17) is 0 Å². The standard InChI is InChI=1S/C17H20N4O3/c1-12-14-5-4-8-20(14)9-10-21(12)15(22)7-6-13-11-18(2)17(24)19(3)16(13)23/h4-8,11-12H,9-10H2,1-3H3. The number of fused-ring (bicyclic) bond motifs is 1. The zero-order valence-electron chi connectivity index (χ0n) is 14.0. The van der Waals surface area contributed by atoms with E-state index in [9.17, 15) is 14.4 Å². The highest BCUT2D eigenvalue weighted by Gasteiger charge is 2.25. The topological polar surface area (TPSA) is 69.2 Å². The number of nitrogens with zero attached hydrogens (tertiary/aromatic N) is 4. The second-order valence-corrected chi connectivity index (χ2v) is 6.01. The summed E-state index contributed by atoms with van der Waals surface area (Å²) in [6.45, 7) is 3.37. The number of carbonyl (C=O) groups is 1. The zero-order valence-corrected chi connectivity index (χ0v) is 14.0. The third-order valence-corrected chi connectivity index (χ3v) is 4.50. The fourth-order valence-electron chi connectivity index (χ4n) is 3.09. The smallest absolute Gasteiger partial charge is 0.330 e. The Labute approximate surface area is 139 Å². The van der Waals surface area contributed by atoms with Crippen molar-refractivity contribution < 1.29 is 4.79 Å². The molecule has 0 saturated heterocycles. The first-order valence-corrected chi connectivity index (χ1v) is 7.80. The maximum absolute atomic E-state index is 12.5. The minimum atomic E-state index is -0.414. The van der Waals surface area contributed by atoms with E-state index in [0.717, 1.165) is 16.8 Å². The maximum atomic E-state index is 12.5. The lowest BCUT2D eigenvalue weighted by Gasteiger charge is -2.34. The molecule has 0 spiro atoms. The zero-order chi connectivity index (χ0) is 17.4. The van der Waals surface area contributed by atoms with Crippen molar-refractivity contribution in [3.63, 3.8) is 0 Å². The van der Waals surface area contributed by atoms with Crippen molar-refractivity contribution in [3.05, 3.63) is 62.7 Å². The fraction of sp³-hybridized carbons (Fsp3) is 0.353. The summed E-state index contributed by atoms with van der Waals surface area (Å²) in [5.74, 6) is -0.147. The summed E-state index contributed by atoms with van der Waals surface area (Å²) in [4.78, 5) is 38.1. The van der Waals surface area contributed by atoms with Gasteiger partial charge in [0.2, 0.25) is 5.91 Å². The highest BCUT2D eigenvalue weighted by molar-refractivity contribution is 5.92. The molecular weight excluding hydrogens is 308 g/mol. The summed E-state index contributed by atoms with van der Waals surface area (Å²) in [6, 6.07) is 3.97. The number of amides is 1. The molecule has 7 heteroatoms. The van der Waals surface area contributed by atoms with E-state index in [0.29, 0.717) is 12.1 Å². The Hall–Kier alpha value is -2.83. The molecule has 1 atom stereocenters. The summed E-state index contributed by atoms with van der Waals surface area (Å²) in [7, 11) is 2.99. The summed E-state index contributed by atoms with van der Waals surface area (Å²) in [5.41, 5.74) is 0.596. The van der Waals surface area contributed by atoms with Crippen LogP contribution in [0.4, 0.5) is 0 Å². The van der Waals surface area contributed by atoms with Gasteiger partial charge >= 0.3 is 5.69 Å². The van der Waals surface area contributed by atoms with Gasteiger partial charge in [-0.1, -0.05) is 0 Å². The highest BCUT2D eigenvalue weighted by atomic mass is 16.2. The van der Waals surface area contributed by atoms with Crippen molar-refractivity contribution in [2.45, 2.75) is 19.5 Å². The second-order valence-electron chi connectivity index (χ2n) is 6.01.